The summed E-state index contributed by atoms with van der Waals surface area (Å²) in [4.78, 5) is 12.4. The summed E-state index contributed by atoms with van der Waals surface area (Å²) in [6, 6.07) is 4.37. The molecule has 1 aromatic heterocycles. The fraction of sp³-hybridized carbons (Fsp3) is 0.500. The van der Waals surface area contributed by atoms with Crippen molar-refractivity contribution in [1.29, 1.82) is 0 Å². The first-order valence-corrected chi connectivity index (χ1v) is 7.85. The lowest BCUT2D eigenvalue weighted by atomic mass is 10.0. The van der Waals surface area contributed by atoms with Crippen LogP contribution >= 0.6 is 0 Å². The predicted octanol–water partition coefficient (Wildman–Crippen LogP) is 4.12. The highest BCUT2D eigenvalue weighted by molar-refractivity contribution is 5.92. The van der Waals surface area contributed by atoms with Crippen molar-refractivity contribution in [2.24, 2.45) is 5.92 Å². The zero-order chi connectivity index (χ0) is 17.2. The molecule has 0 amide bonds. The van der Waals surface area contributed by atoms with E-state index in [4.69, 9.17) is 9.84 Å². The number of aliphatic hydroxyl groups excluding tert-OH is 1. The highest BCUT2D eigenvalue weighted by atomic mass is 19.1. The molecule has 0 aliphatic carbocycles. The zero-order valence-corrected chi connectivity index (χ0v) is 14.1. The Kier molecular flexibility index (Phi) is 5.09. The molecule has 0 saturated heterocycles. The van der Waals surface area contributed by atoms with Crippen molar-refractivity contribution in [2.75, 3.05) is 6.61 Å². The lowest BCUT2D eigenvalue weighted by molar-refractivity contribution is 0.0544. The first-order chi connectivity index (χ1) is 10.7. The van der Waals surface area contributed by atoms with Crippen LogP contribution in [-0.2, 0) is 11.2 Å². The number of hydrogen-bond donors (Lipinski definition) is 1. The van der Waals surface area contributed by atoms with Crippen molar-refractivity contribution >= 4 is 17.0 Å². The molecule has 1 aromatic carbocycles. The van der Waals surface area contributed by atoms with E-state index in [1.807, 2.05) is 6.92 Å². The van der Waals surface area contributed by atoms with Crippen LogP contribution in [-0.4, -0.2) is 28.0 Å². The monoisotopic (exact) mass is 321 g/mol. The van der Waals surface area contributed by atoms with Crippen molar-refractivity contribution in [3.63, 3.8) is 0 Å². The summed E-state index contributed by atoms with van der Waals surface area (Å²) in [6.45, 7) is 7.48. The van der Waals surface area contributed by atoms with E-state index in [-0.39, 0.29) is 18.3 Å². The van der Waals surface area contributed by atoms with Crippen LogP contribution in [0.2, 0.25) is 0 Å². The second-order valence-corrected chi connectivity index (χ2v) is 6.99. The van der Waals surface area contributed by atoms with E-state index in [0.717, 1.165) is 12.0 Å². The number of rotatable bonds is 4. The quantitative estimate of drug-likeness (QED) is 0.921. The molecule has 126 valence electrons. The lowest BCUT2D eigenvalue weighted by Gasteiger charge is -2.19. The number of carbonyl (C=O) groups is 1. The fourth-order valence-corrected chi connectivity index (χ4v) is 2.43. The predicted molar refractivity (Wildman–Crippen MR) is 88.1 cm³/mol. The Morgan fingerprint density at radius 1 is 1.39 bits per heavy atom. The zero-order valence-electron chi connectivity index (χ0n) is 14.1. The van der Waals surface area contributed by atoms with Crippen LogP contribution in [0.5, 0.6) is 0 Å². The molecule has 2 aromatic rings. The van der Waals surface area contributed by atoms with Crippen LogP contribution in [0.25, 0.3) is 10.9 Å². The van der Waals surface area contributed by atoms with Crippen LogP contribution in [0.15, 0.2) is 24.4 Å². The maximum Gasteiger partial charge on any atom is 0.419 e. The van der Waals surface area contributed by atoms with Crippen molar-refractivity contribution < 1.29 is 19.0 Å². The van der Waals surface area contributed by atoms with E-state index in [1.54, 1.807) is 33.0 Å². The van der Waals surface area contributed by atoms with Gasteiger partial charge in [0.1, 0.15) is 11.4 Å². The van der Waals surface area contributed by atoms with Gasteiger partial charge in [0.25, 0.3) is 0 Å². The largest absolute Gasteiger partial charge is 0.443 e. The molecule has 1 heterocycles. The Balaban J connectivity index is 2.40. The van der Waals surface area contributed by atoms with Gasteiger partial charge in [-0.25, -0.2) is 9.18 Å². The highest BCUT2D eigenvalue weighted by Crippen LogP contribution is 2.25. The topological polar surface area (TPSA) is 51.5 Å². The maximum absolute atomic E-state index is 13.6. The van der Waals surface area contributed by atoms with Crippen LogP contribution in [0.3, 0.4) is 0 Å². The SMILES string of the molecule is C[C@@H](CO)CCc1cn(C(=O)OC(C)(C)C)c2ccc(F)cc12. The van der Waals surface area contributed by atoms with Crippen LogP contribution < -0.4 is 0 Å². The number of carbonyl (C=O) groups excluding carboxylic acids is 1. The summed E-state index contributed by atoms with van der Waals surface area (Å²) in [5.41, 5.74) is 0.914. The van der Waals surface area contributed by atoms with Crippen molar-refractivity contribution in [1.82, 2.24) is 4.57 Å². The summed E-state index contributed by atoms with van der Waals surface area (Å²) in [6.07, 6.45) is 2.66. The summed E-state index contributed by atoms with van der Waals surface area (Å²) in [7, 11) is 0. The molecule has 0 bridgehead atoms. The van der Waals surface area contributed by atoms with Gasteiger partial charge in [-0.15, -0.1) is 0 Å². The third kappa shape index (κ3) is 4.32. The molecule has 0 fully saturated rings. The van der Waals surface area contributed by atoms with Crippen LogP contribution in [0.4, 0.5) is 9.18 Å². The third-order valence-corrected chi connectivity index (χ3v) is 3.66. The fourth-order valence-electron chi connectivity index (χ4n) is 2.43. The average Bonchev–Trinajstić information content (AvgIpc) is 2.81. The molecule has 0 unspecified atom stereocenters. The average molecular weight is 321 g/mol. The second kappa shape index (κ2) is 6.71. The third-order valence-electron chi connectivity index (χ3n) is 3.66. The normalized spacial score (nSPS) is 13.3. The smallest absolute Gasteiger partial charge is 0.419 e. The van der Waals surface area contributed by atoms with Gasteiger partial charge in [-0.3, -0.25) is 4.57 Å². The van der Waals surface area contributed by atoms with E-state index in [9.17, 15) is 9.18 Å². The molecule has 23 heavy (non-hydrogen) atoms. The Bertz CT molecular complexity index is 700. The molecule has 4 nitrogen and oxygen atoms in total. The maximum atomic E-state index is 13.6. The number of aliphatic hydroxyl groups is 1. The van der Waals surface area contributed by atoms with E-state index in [2.05, 4.69) is 0 Å². The van der Waals surface area contributed by atoms with Crippen molar-refractivity contribution in [2.45, 2.75) is 46.1 Å². The summed E-state index contributed by atoms with van der Waals surface area (Å²) >= 11 is 0. The highest BCUT2D eigenvalue weighted by Gasteiger charge is 2.21. The van der Waals surface area contributed by atoms with Crippen LogP contribution in [0, 0.1) is 11.7 Å². The first kappa shape index (κ1) is 17.5. The van der Waals surface area contributed by atoms with Crippen molar-refractivity contribution in [3.05, 3.63) is 35.8 Å². The van der Waals surface area contributed by atoms with E-state index >= 15 is 0 Å². The van der Waals surface area contributed by atoms with E-state index in [1.165, 1.54) is 16.7 Å². The van der Waals surface area contributed by atoms with Gasteiger partial charge in [-0.2, -0.15) is 0 Å². The minimum Gasteiger partial charge on any atom is -0.443 e. The number of benzene rings is 1. The second-order valence-electron chi connectivity index (χ2n) is 6.99. The number of nitrogens with zero attached hydrogens (tertiary/aromatic N) is 1. The van der Waals surface area contributed by atoms with Crippen LogP contribution in [0.1, 0.15) is 39.7 Å². The van der Waals surface area contributed by atoms with Gasteiger partial charge in [0.05, 0.1) is 5.52 Å². The summed E-state index contributed by atoms with van der Waals surface area (Å²) in [5, 5.41) is 9.86. The first-order valence-electron chi connectivity index (χ1n) is 7.85. The Labute approximate surface area is 135 Å². The summed E-state index contributed by atoms with van der Waals surface area (Å²) < 4.78 is 20.4. The number of hydrogen-bond acceptors (Lipinski definition) is 3. The molecule has 5 heteroatoms. The van der Waals surface area contributed by atoms with Gasteiger partial charge in [0.2, 0.25) is 0 Å². The summed E-state index contributed by atoms with van der Waals surface area (Å²) in [5.74, 6) is -0.181. The van der Waals surface area contributed by atoms with Gasteiger partial charge in [0.15, 0.2) is 0 Å². The molecule has 1 N–H and O–H groups in total. The minimum absolute atomic E-state index is 0.110. The Morgan fingerprint density at radius 2 is 2.09 bits per heavy atom. The minimum atomic E-state index is -0.598. The number of ether oxygens (including phenoxy) is 1. The molecular weight excluding hydrogens is 297 g/mol. The Hall–Kier alpha value is -1.88. The van der Waals surface area contributed by atoms with Gasteiger partial charge in [0, 0.05) is 18.2 Å². The number of aryl methyl sites for hydroxylation is 1. The molecule has 2 rings (SSSR count). The van der Waals surface area contributed by atoms with E-state index in [0.29, 0.717) is 17.3 Å². The van der Waals surface area contributed by atoms with Gasteiger partial charge in [-0.05, 0) is 63.3 Å². The Morgan fingerprint density at radius 3 is 2.70 bits per heavy atom. The van der Waals surface area contributed by atoms with Crippen molar-refractivity contribution in [3.8, 4) is 0 Å². The van der Waals surface area contributed by atoms with Gasteiger partial charge < -0.3 is 9.84 Å². The molecular formula is C18H24FNO3. The molecule has 0 aliphatic heterocycles. The molecule has 0 radical (unpaired) electrons. The lowest BCUT2D eigenvalue weighted by Crippen LogP contribution is -2.26. The van der Waals surface area contributed by atoms with Gasteiger partial charge in [-0.1, -0.05) is 6.92 Å². The molecule has 0 spiro atoms. The van der Waals surface area contributed by atoms with Gasteiger partial charge >= 0.3 is 6.09 Å². The molecule has 0 saturated carbocycles. The standard InChI is InChI=1S/C18H24FNO3/c1-12(11-21)5-6-13-10-20(17(22)23-18(2,3)4)16-8-7-14(19)9-15(13)16/h7-10,12,21H,5-6,11H2,1-4H3/t12-/m1/s1. The number of fused-ring (bicyclic) bond motifs is 1. The molecule has 1 atom stereocenters. The number of aromatic nitrogens is 1. The van der Waals surface area contributed by atoms with E-state index < -0.39 is 11.7 Å². The number of halogens is 1. The molecule has 0 aliphatic rings.